The number of hydrogen-bond acceptors (Lipinski definition) is 4. The number of rotatable bonds is 1. The van der Waals surface area contributed by atoms with E-state index in [0.717, 1.165) is 11.1 Å². The molecular formula is C13H10N6O. The monoisotopic (exact) mass is 266 g/mol. The largest absolute Gasteiger partial charge is 0.327 e. The van der Waals surface area contributed by atoms with Crippen LogP contribution in [0.25, 0.3) is 28.1 Å². The SMILES string of the molecule is Cn1c(=O)[nH]c2cnc(-c3cnn4ccccc34)nc21. The highest BCUT2D eigenvalue weighted by atomic mass is 16.1. The molecule has 0 saturated heterocycles. The molecule has 0 aromatic carbocycles. The van der Waals surface area contributed by atoms with Gasteiger partial charge in [-0.25, -0.2) is 19.3 Å². The Bertz CT molecular complexity index is 993. The zero-order valence-corrected chi connectivity index (χ0v) is 10.6. The first kappa shape index (κ1) is 10.9. The van der Waals surface area contributed by atoms with E-state index in [1.54, 1.807) is 24.0 Å². The van der Waals surface area contributed by atoms with Gasteiger partial charge < -0.3 is 4.98 Å². The van der Waals surface area contributed by atoms with Crippen LogP contribution in [-0.4, -0.2) is 29.1 Å². The molecule has 4 aromatic heterocycles. The van der Waals surface area contributed by atoms with Gasteiger partial charge in [0.25, 0.3) is 0 Å². The smallest absolute Gasteiger partial charge is 0.303 e. The van der Waals surface area contributed by atoms with Gasteiger partial charge in [-0.1, -0.05) is 6.07 Å². The third kappa shape index (κ3) is 1.40. The first-order valence-corrected chi connectivity index (χ1v) is 6.08. The van der Waals surface area contributed by atoms with Gasteiger partial charge in [0.1, 0.15) is 5.52 Å². The number of aryl methyl sites for hydroxylation is 1. The lowest BCUT2D eigenvalue weighted by Crippen LogP contribution is -2.12. The van der Waals surface area contributed by atoms with Crippen molar-refractivity contribution in [2.24, 2.45) is 7.05 Å². The van der Waals surface area contributed by atoms with Gasteiger partial charge in [-0.05, 0) is 12.1 Å². The van der Waals surface area contributed by atoms with E-state index in [1.165, 1.54) is 4.57 Å². The Hall–Kier alpha value is -2.96. The molecule has 1 N–H and O–H groups in total. The Kier molecular flexibility index (Phi) is 2.06. The Balaban J connectivity index is 2.02. The fourth-order valence-corrected chi connectivity index (χ4v) is 2.25. The molecule has 0 radical (unpaired) electrons. The topological polar surface area (TPSA) is 80.9 Å². The number of nitrogens with zero attached hydrogens (tertiary/aromatic N) is 5. The van der Waals surface area contributed by atoms with Gasteiger partial charge in [0, 0.05) is 13.2 Å². The highest BCUT2D eigenvalue weighted by Crippen LogP contribution is 2.21. The summed E-state index contributed by atoms with van der Waals surface area (Å²) in [5.74, 6) is 0.549. The number of hydrogen-bond donors (Lipinski definition) is 1. The van der Waals surface area contributed by atoms with Crippen molar-refractivity contribution in [3.63, 3.8) is 0 Å². The Morgan fingerprint density at radius 1 is 1.25 bits per heavy atom. The van der Waals surface area contributed by atoms with Gasteiger partial charge in [-0.2, -0.15) is 5.10 Å². The summed E-state index contributed by atoms with van der Waals surface area (Å²) in [5.41, 5.74) is 2.76. The number of aromatic nitrogens is 6. The summed E-state index contributed by atoms with van der Waals surface area (Å²) in [7, 11) is 1.67. The third-order valence-electron chi connectivity index (χ3n) is 3.30. The predicted octanol–water partition coefficient (Wildman–Crippen LogP) is 0.971. The van der Waals surface area contributed by atoms with E-state index in [0.29, 0.717) is 17.0 Å². The van der Waals surface area contributed by atoms with Crippen LogP contribution in [0.1, 0.15) is 0 Å². The van der Waals surface area contributed by atoms with Crippen molar-refractivity contribution in [2.75, 3.05) is 0 Å². The maximum Gasteiger partial charge on any atom is 0.327 e. The maximum absolute atomic E-state index is 11.6. The number of nitrogens with one attached hydrogen (secondary N) is 1. The van der Waals surface area contributed by atoms with Gasteiger partial charge in [0.15, 0.2) is 11.5 Å². The molecule has 0 aliphatic carbocycles. The molecule has 7 nitrogen and oxygen atoms in total. The normalized spacial score (nSPS) is 11.4. The number of aromatic amines is 1. The van der Waals surface area contributed by atoms with Crippen LogP contribution in [0.2, 0.25) is 0 Å². The predicted molar refractivity (Wildman–Crippen MR) is 73.3 cm³/mol. The summed E-state index contributed by atoms with van der Waals surface area (Å²) < 4.78 is 3.23. The van der Waals surface area contributed by atoms with E-state index in [4.69, 9.17) is 0 Å². The minimum absolute atomic E-state index is 0.202. The Labute approximate surface area is 112 Å². The zero-order chi connectivity index (χ0) is 13.7. The number of H-pyrrole nitrogens is 1. The molecule has 0 saturated carbocycles. The molecule has 0 aliphatic rings. The van der Waals surface area contributed by atoms with Gasteiger partial charge in [-0.3, -0.25) is 4.57 Å². The standard InChI is InChI=1S/C13H10N6O/c1-18-12-9(16-13(18)20)7-14-11(17-12)8-6-15-19-5-3-2-4-10(8)19/h2-7H,1H3,(H,16,20). The van der Waals surface area contributed by atoms with Gasteiger partial charge in [0.2, 0.25) is 0 Å². The molecule has 7 heteroatoms. The molecular weight excluding hydrogens is 256 g/mol. The summed E-state index contributed by atoms with van der Waals surface area (Å²) in [5, 5.41) is 4.26. The van der Waals surface area contributed by atoms with Crippen molar-refractivity contribution in [3.05, 3.63) is 47.3 Å². The summed E-state index contributed by atoms with van der Waals surface area (Å²) in [6.45, 7) is 0. The first-order chi connectivity index (χ1) is 9.74. The van der Waals surface area contributed by atoms with E-state index in [2.05, 4.69) is 20.1 Å². The highest BCUT2D eigenvalue weighted by Gasteiger charge is 2.12. The Morgan fingerprint density at radius 3 is 3.05 bits per heavy atom. The minimum Gasteiger partial charge on any atom is -0.303 e. The quantitative estimate of drug-likeness (QED) is 0.556. The van der Waals surface area contributed by atoms with Crippen molar-refractivity contribution in [1.82, 2.24) is 29.1 Å². The summed E-state index contributed by atoms with van der Waals surface area (Å²) in [6, 6.07) is 5.79. The lowest BCUT2D eigenvalue weighted by atomic mass is 10.2. The second-order valence-corrected chi connectivity index (χ2v) is 4.51. The van der Waals surface area contributed by atoms with Gasteiger partial charge in [-0.15, -0.1) is 0 Å². The van der Waals surface area contributed by atoms with Crippen molar-refractivity contribution < 1.29 is 0 Å². The van der Waals surface area contributed by atoms with Crippen LogP contribution in [-0.2, 0) is 7.05 Å². The number of pyridine rings is 1. The highest BCUT2D eigenvalue weighted by molar-refractivity contribution is 5.79. The lowest BCUT2D eigenvalue weighted by molar-refractivity contribution is 0.878. The average molecular weight is 266 g/mol. The van der Waals surface area contributed by atoms with Crippen molar-refractivity contribution in [3.8, 4) is 11.4 Å². The van der Waals surface area contributed by atoms with Crippen LogP contribution in [0.5, 0.6) is 0 Å². The molecule has 98 valence electrons. The van der Waals surface area contributed by atoms with E-state index in [1.807, 2.05) is 24.4 Å². The van der Waals surface area contributed by atoms with Crippen molar-refractivity contribution in [2.45, 2.75) is 0 Å². The van der Waals surface area contributed by atoms with Gasteiger partial charge in [0.05, 0.1) is 23.5 Å². The first-order valence-electron chi connectivity index (χ1n) is 6.08. The van der Waals surface area contributed by atoms with E-state index in [9.17, 15) is 4.79 Å². The summed E-state index contributed by atoms with van der Waals surface area (Å²) in [4.78, 5) is 23.0. The number of fused-ring (bicyclic) bond motifs is 2. The zero-order valence-electron chi connectivity index (χ0n) is 10.6. The maximum atomic E-state index is 11.6. The third-order valence-corrected chi connectivity index (χ3v) is 3.30. The molecule has 20 heavy (non-hydrogen) atoms. The second-order valence-electron chi connectivity index (χ2n) is 4.51. The minimum atomic E-state index is -0.202. The molecule has 0 bridgehead atoms. The summed E-state index contributed by atoms with van der Waals surface area (Å²) in [6.07, 6.45) is 5.20. The fraction of sp³-hybridized carbons (Fsp3) is 0.0769. The van der Waals surface area contributed by atoms with Crippen LogP contribution >= 0.6 is 0 Å². The molecule has 0 aliphatic heterocycles. The molecule has 0 unspecified atom stereocenters. The summed E-state index contributed by atoms with van der Waals surface area (Å²) >= 11 is 0. The van der Waals surface area contributed by atoms with Crippen LogP contribution < -0.4 is 5.69 Å². The average Bonchev–Trinajstić information content (AvgIpc) is 3.01. The lowest BCUT2D eigenvalue weighted by Gasteiger charge is -1.99. The number of imidazole rings is 1. The molecule has 4 rings (SSSR count). The molecule has 0 fully saturated rings. The Morgan fingerprint density at radius 2 is 2.15 bits per heavy atom. The van der Waals surface area contributed by atoms with Crippen molar-refractivity contribution >= 4 is 16.7 Å². The van der Waals surface area contributed by atoms with Crippen LogP contribution in [0.4, 0.5) is 0 Å². The molecule has 0 spiro atoms. The fourth-order valence-electron chi connectivity index (χ4n) is 2.25. The van der Waals surface area contributed by atoms with Crippen LogP contribution in [0.3, 0.4) is 0 Å². The molecule has 4 heterocycles. The molecule has 0 amide bonds. The van der Waals surface area contributed by atoms with E-state index < -0.39 is 0 Å². The van der Waals surface area contributed by atoms with Crippen LogP contribution in [0.15, 0.2) is 41.6 Å². The van der Waals surface area contributed by atoms with Crippen molar-refractivity contribution in [1.29, 1.82) is 0 Å². The van der Waals surface area contributed by atoms with Crippen LogP contribution in [0, 0.1) is 0 Å². The van der Waals surface area contributed by atoms with Gasteiger partial charge >= 0.3 is 5.69 Å². The molecule has 4 aromatic rings. The second kappa shape index (κ2) is 3.77. The van der Waals surface area contributed by atoms with E-state index >= 15 is 0 Å². The molecule has 0 atom stereocenters. The van der Waals surface area contributed by atoms with E-state index in [-0.39, 0.29) is 5.69 Å².